The zero-order valence-electron chi connectivity index (χ0n) is 11.9. The summed E-state index contributed by atoms with van der Waals surface area (Å²) in [6.07, 6.45) is 3.73. The summed E-state index contributed by atoms with van der Waals surface area (Å²) in [7, 11) is 0. The highest BCUT2D eigenvalue weighted by molar-refractivity contribution is 5.78. The van der Waals surface area contributed by atoms with Gasteiger partial charge in [0.15, 0.2) is 0 Å². The number of carbonyl (C=O) groups excluding carboxylic acids is 2. The molecule has 104 valence electrons. The van der Waals surface area contributed by atoms with Crippen molar-refractivity contribution in [2.45, 2.75) is 46.5 Å². The molecule has 1 atom stereocenters. The topological polar surface area (TPSA) is 40.6 Å². The van der Waals surface area contributed by atoms with E-state index < -0.39 is 0 Å². The van der Waals surface area contributed by atoms with E-state index in [-0.39, 0.29) is 11.8 Å². The fourth-order valence-corrected chi connectivity index (χ4v) is 2.50. The van der Waals surface area contributed by atoms with Crippen molar-refractivity contribution in [3.05, 3.63) is 0 Å². The first-order valence-electron chi connectivity index (χ1n) is 7.07. The van der Waals surface area contributed by atoms with Gasteiger partial charge in [0.2, 0.25) is 11.8 Å². The van der Waals surface area contributed by atoms with Crippen molar-refractivity contribution >= 4 is 11.8 Å². The van der Waals surface area contributed by atoms with Gasteiger partial charge in [0.25, 0.3) is 0 Å². The quantitative estimate of drug-likeness (QED) is 0.752. The summed E-state index contributed by atoms with van der Waals surface area (Å²) in [6, 6.07) is 0. The second-order valence-electron chi connectivity index (χ2n) is 5.34. The Morgan fingerprint density at radius 3 is 2.61 bits per heavy atom. The molecule has 0 saturated carbocycles. The zero-order valence-corrected chi connectivity index (χ0v) is 11.9. The monoisotopic (exact) mass is 254 g/mol. The molecule has 1 aliphatic heterocycles. The molecule has 0 aromatic rings. The van der Waals surface area contributed by atoms with Crippen LogP contribution in [0.2, 0.25) is 0 Å². The van der Waals surface area contributed by atoms with Gasteiger partial charge in [-0.05, 0) is 25.2 Å². The summed E-state index contributed by atoms with van der Waals surface area (Å²) in [4.78, 5) is 27.2. The third-order valence-electron chi connectivity index (χ3n) is 3.54. The van der Waals surface area contributed by atoms with E-state index >= 15 is 0 Å². The Balaban J connectivity index is 2.36. The summed E-state index contributed by atoms with van der Waals surface area (Å²) in [5.74, 6) is 0.878. The molecule has 1 unspecified atom stereocenters. The molecule has 1 heterocycles. The molecule has 0 spiro atoms. The lowest BCUT2D eigenvalue weighted by molar-refractivity contribution is -0.134. The number of hydrogen-bond acceptors (Lipinski definition) is 2. The third kappa shape index (κ3) is 4.67. The van der Waals surface area contributed by atoms with E-state index in [1.54, 1.807) is 11.8 Å². The van der Waals surface area contributed by atoms with Gasteiger partial charge in [-0.1, -0.05) is 13.8 Å². The number of likely N-dealkylation sites (tertiary alicyclic amines) is 1. The number of piperidine rings is 1. The van der Waals surface area contributed by atoms with Gasteiger partial charge < -0.3 is 9.80 Å². The molecule has 0 aromatic carbocycles. The molecule has 4 heteroatoms. The highest BCUT2D eigenvalue weighted by Crippen LogP contribution is 2.16. The van der Waals surface area contributed by atoms with Crippen LogP contribution in [0.15, 0.2) is 0 Å². The highest BCUT2D eigenvalue weighted by atomic mass is 16.2. The summed E-state index contributed by atoms with van der Waals surface area (Å²) in [5.41, 5.74) is 0. The van der Waals surface area contributed by atoms with E-state index in [2.05, 4.69) is 6.92 Å². The van der Waals surface area contributed by atoms with Crippen LogP contribution in [-0.4, -0.2) is 47.8 Å². The Kier molecular flexibility index (Phi) is 6.16. The largest absolute Gasteiger partial charge is 0.342 e. The van der Waals surface area contributed by atoms with Crippen molar-refractivity contribution in [2.24, 2.45) is 5.92 Å². The van der Waals surface area contributed by atoms with Crippen LogP contribution in [0.1, 0.15) is 46.5 Å². The molecule has 18 heavy (non-hydrogen) atoms. The predicted molar refractivity (Wildman–Crippen MR) is 72.1 cm³/mol. The fraction of sp³-hybridized carbons (Fsp3) is 0.857. The average molecular weight is 254 g/mol. The minimum atomic E-state index is 0.0664. The standard InChI is InChI=1S/C14H26N2O2/c1-4-8-15(13(3)17)10-7-14(18)16-9-5-6-12(2)11-16/h12H,4-11H2,1-3H3. The van der Waals surface area contributed by atoms with Gasteiger partial charge in [-0.3, -0.25) is 9.59 Å². The maximum Gasteiger partial charge on any atom is 0.224 e. The molecule has 0 bridgehead atoms. The lowest BCUT2D eigenvalue weighted by Gasteiger charge is -2.31. The van der Waals surface area contributed by atoms with Crippen LogP contribution in [0, 0.1) is 5.92 Å². The van der Waals surface area contributed by atoms with Gasteiger partial charge in [-0.25, -0.2) is 0 Å². The van der Waals surface area contributed by atoms with Crippen molar-refractivity contribution in [1.82, 2.24) is 9.80 Å². The van der Waals surface area contributed by atoms with E-state index in [0.717, 1.165) is 32.5 Å². The highest BCUT2D eigenvalue weighted by Gasteiger charge is 2.21. The van der Waals surface area contributed by atoms with Crippen molar-refractivity contribution in [3.63, 3.8) is 0 Å². The Bertz CT molecular complexity index is 292. The number of nitrogens with zero attached hydrogens (tertiary/aromatic N) is 2. The normalized spacial score (nSPS) is 19.7. The molecule has 1 fully saturated rings. The van der Waals surface area contributed by atoms with Crippen molar-refractivity contribution in [3.8, 4) is 0 Å². The fourth-order valence-electron chi connectivity index (χ4n) is 2.50. The van der Waals surface area contributed by atoms with Gasteiger partial charge in [-0.15, -0.1) is 0 Å². The minimum Gasteiger partial charge on any atom is -0.342 e. The van der Waals surface area contributed by atoms with E-state index in [1.807, 2.05) is 11.8 Å². The Morgan fingerprint density at radius 2 is 2.06 bits per heavy atom. The predicted octanol–water partition coefficient (Wildman–Crippen LogP) is 1.89. The van der Waals surface area contributed by atoms with Crippen LogP contribution in [0.25, 0.3) is 0 Å². The van der Waals surface area contributed by atoms with Crippen LogP contribution >= 0.6 is 0 Å². The Morgan fingerprint density at radius 1 is 1.33 bits per heavy atom. The average Bonchev–Trinajstić information content (AvgIpc) is 2.33. The van der Waals surface area contributed by atoms with Crippen LogP contribution < -0.4 is 0 Å². The molecule has 2 amide bonds. The number of rotatable bonds is 5. The maximum atomic E-state index is 12.1. The molecular weight excluding hydrogens is 228 g/mol. The van der Waals surface area contributed by atoms with Gasteiger partial charge in [0.1, 0.15) is 0 Å². The molecule has 4 nitrogen and oxygen atoms in total. The molecule has 0 aliphatic carbocycles. The smallest absolute Gasteiger partial charge is 0.224 e. The SMILES string of the molecule is CCCN(CCC(=O)N1CCCC(C)C1)C(C)=O. The molecule has 0 radical (unpaired) electrons. The van der Waals surface area contributed by atoms with Crippen molar-refractivity contribution in [1.29, 1.82) is 0 Å². The van der Waals surface area contributed by atoms with E-state index in [1.165, 1.54) is 6.42 Å². The number of amides is 2. The summed E-state index contributed by atoms with van der Waals surface area (Å²) in [5, 5.41) is 0. The van der Waals surface area contributed by atoms with E-state index in [0.29, 0.717) is 18.9 Å². The lowest BCUT2D eigenvalue weighted by atomic mass is 10.00. The van der Waals surface area contributed by atoms with Gasteiger partial charge in [-0.2, -0.15) is 0 Å². The first-order chi connectivity index (χ1) is 8.54. The number of hydrogen-bond donors (Lipinski definition) is 0. The van der Waals surface area contributed by atoms with Crippen LogP contribution in [0.3, 0.4) is 0 Å². The summed E-state index contributed by atoms with van der Waals surface area (Å²) >= 11 is 0. The lowest BCUT2D eigenvalue weighted by Crippen LogP contribution is -2.41. The maximum absolute atomic E-state index is 12.1. The van der Waals surface area contributed by atoms with Crippen molar-refractivity contribution < 1.29 is 9.59 Å². The Labute approximate surface area is 110 Å². The van der Waals surface area contributed by atoms with Gasteiger partial charge >= 0.3 is 0 Å². The van der Waals surface area contributed by atoms with E-state index in [4.69, 9.17) is 0 Å². The third-order valence-corrected chi connectivity index (χ3v) is 3.54. The molecule has 1 aliphatic rings. The summed E-state index contributed by atoms with van der Waals surface area (Å²) < 4.78 is 0. The number of carbonyl (C=O) groups is 2. The second-order valence-corrected chi connectivity index (χ2v) is 5.34. The summed E-state index contributed by atoms with van der Waals surface area (Å²) in [6.45, 7) is 8.89. The van der Waals surface area contributed by atoms with Crippen LogP contribution in [0.4, 0.5) is 0 Å². The van der Waals surface area contributed by atoms with Gasteiger partial charge in [0.05, 0.1) is 0 Å². The second kappa shape index (κ2) is 7.39. The molecular formula is C14H26N2O2. The van der Waals surface area contributed by atoms with Crippen LogP contribution in [-0.2, 0) is 9.59 Å². The molecule has 1 saturated heterocycles. The van der Waals surface area contributed by atoms with E-state index in [9.17, 15) is 9.59 Å². The molecule has 0 aromatic heterocycles. The first kappa shape index (κ1) is 15.0. The van der Waals surface area contributed by atoms with Crippen LogP contribution in [0.5, 0.6) is 0 Å². The van der Waals surface area contributed by atoms with Gasteiger partial charge in [0, 0.05) is 39.5 Å². The Hall–Kier alpha value is -1.06. The van der Waals surface area contributed by atoms with Crippen molar-refractivity contribution in [2.75, 3.05) is 26.2 Å². The minimum absolute atomic E-state index is 0.0664. The first-order valence-corrected chi connectivity index (χ1v) is 7.07. The molecule has 0 N–H and O–H groups in total. The zero-order chi connectivity index (χ0) is 13.5. The molecule has 1 rings (SSSR count).